The number of nitrogens with one attached hydrogen (secondary N) is 2. The van der Waals surface area contributed by atoms with Gasteiger partial charge in [0, 0.05) is 21.1 Å². The summed E-state index contributed by atoms with van der Waals surface area (Å²) in [6.07, 6.45) is 0. The molecule has 0 saturated carbocycles. The van der Waals surface area contributed by atoms with Crippen molar-refractivity contribution in [3.05, 3.63) is 29.3 Å². The largest absolute Gasteiger partial charge is 0.368 e. The van der Waals surface area contributed by atoms with Crippen molar-refractivity contribution in [3.8, 4) is 11.8 Å². The van der Waals surface area contributed by atoms with Gasteiger partial charge in [0.1, 0.15) is 0 Å². The van der Waals surface area contributed by atoms with Gasteiger partial charge in [-0.25, -0.2) is 5.10 Å². The molecule has 1 aromatic carbocycles. The molecule has 1 heterocycles. The number of hydrogen-bond donors (Lipinski definition) is 3. The molecule has 0 fully saturated rings. The van der Waals surface area contributed by atoms with Crippen LogP contribution in [0.1, 0.15) is 31.9 Å². The Labute approximate surface area is 138 Å². The lowest BCUT2D eigenvalue weighted by atomic mass is 9.97. The predicted molar refractivity (Wildman–Crippen MR) is 94.6 cm³/mol. The predicted octanol–water partition coefficient (Wildman–Crippen LogP) is 3.46. The number of hydrogen-bond acceptors (Lipinski definition) is 4. The van der Waals surface area contributed by atoms with E-state index in [1.165, 1.54) is 5.56 Å². The first-order valence-electron chi connectivity index (χ1n) is 6.54. The Morgan fingerprint density at radius 2 is 2.14 bits per heavy atom. The second-order valence-corrected chi connectivity index (χ2v) is 6.44. The van der Waals surface area contributed by atoms with Gasteiger partial charge >= 0.3 is 0 Å². The molecule has 1 aromatic heterocycles. The maximum atomic E-state index is 5.50. The molecule has 0 unspecified atom stereocenters. The maximum Gasteiger partial charge on any atom is 0.248 e. The Morgan fingerprint density at radius 1 is 1.38 bits per heavy atom. The van der Waals surface area contributed by atoms with Gasteiger partial charge in [0.15, 0.2) is 0 Å². The fourth-order valence-electron chi connectivity index (χ4n) is 1.62. The summed E-state index contributed by atoms with van der Waals surface area (Å²) in [6, 6.07) is 6.05. The normalized spacial score (nSPS) is 10.9. The molecule has 2 aromatic rings. The Balaban J connectivity index is 2.25. The molecule has 4 N–H and O–H groups in total. The molecule has 0 aliphatic carbocycles. The molecular weight excluding hydrogens is 377 g/mol. The third-order valence-corrected chi connectivity index (χ3v) is 3.40. The number of halogens is 1. The van der Waals surface area contributed by atoms with Crippen LogP contribution >= 0.6 is 22.6 Å². The van der Waals surface area contributed by atoms with Gasteiger partial charge in [0.2, 0.25) is 11.9 Å². The van der Waals surface area contributed by atoms with Gasteiger partial charge < -0.3 is 11.1 Å². The van der Waals surface area contributed by atoms with Crippen molar-refractivity contribution < 1.29 is 0 Å². The van der Waals surface area contributed by atoms with Crippen LogP contribution in [-0.4, -0.2) is 15.2 Å². The summed E-state index contributed by atoms with van der Waals surface area (Å²) in [5, 5.41) is 9.67. The van der Waals surface area contributed by atoms with Gasteiger partial charge in [0.05, 0.1) is 0 Å². The molecule has 0 radical (unpaired) electrons. The molecule has 0 spiro atoms. The number of anilines is 3. The van der Waals surface area contributed by atoms with Crippen molar-refractivity contribution in [2.45, 2.75) is 25.2 Å². The number of benzene rings is 1. The number of H-pyrrole nitrogens is 1. The zero-order valence-electron chi connectivity index (χ0n) is 12.3. The number of alkyl halides is 1. The van der Waals surface area contributed by atoms with Gasteiger partial charge in [-0.3, -0.25) is 0 Å². The lowest BCUT2D eigenvalue weighted by molar-refractivity contribution is 0.571. The minimum Gasteiger partial charge on any atom is -0.368 e. The van der Waals surface area contributed by atoms with Crippen molar-refractivity contribution >= 4 is 40.2 Å². The van der Waals surface area contributed by atoms with Crippen molar-refractivity contribution in [1.82, 2.24) is 15.2 Å². The van der Waals surface area contributed by atoms with E-state index in [-0.39, 0.29) is 5.41 Å². The van der Waals surface area contributed by atoms with Crippen LogP contribution < -0.4 is 11.1 Å². The Morgan fingerprint density at radius 3 is 2.71 bits per heavy atom. The molecular formula is C15H18IN5. The average Bonchev–Trinajstić information content (AvgIpc) is 2.81. The van der Waals surface area contributed by atoms with Crippen molar-refractivity contribution in [2.75, 3.05) is 11.1 Å². The highest BCUT2D eigenvalue weighted by Crippen LogP contribution is 2.21. The number of nitrogens with two attached hydrogens (primary N) is 1. The molecule has 5 nitrogen and oxygen atoms in total. The van der Waals surface area contributed by atoms with E-state index in [0.717, 1.165) is 15.7 Å². The third-order valence-electron chi connectivity index (χ3n) is 2.58. The first-order valence-corrected chi connectivity index (χ1v) is 8.07. The molecule has 0 atom stereocenters. The van der Waals surface area contributed by atoms with Gasteiger partial charge in [-0.1, -0.05) is 34.4 Å². The van der Waals surface area contributed by atoms with Gasteiger partial charge in [0.25, 0.3) is 0 Å². The van der Waals surface area contributed by atoms with Crippen LogP contribution in [0.5, 0.6) is 0 Å². The third kappa shape index (κ3) is 4.63. The fourth-order valence-corrected chi connectivity index (χ4v) is 2.25. The van der Waals surface area contributed by atoms with Crippen LogP contribution in [0.3, 0.4) is 0 Å². The summed E-state index contributed by atoms with van der Waals surface area (Å²) in [5.41, 5.74) is 8.65. The quantitative estimate of drug-likeness (QED) is 0.423. The van der Waals surface area contributed by atoms with Crippen LogP contribution in [0.25, 0.3) is 0 Å². The van der Waals surface area contributed by atoms with E-state index in [1.54, 1.807) is 0 Å². The first kappa shape index (κ1) is 15.6. The molecule has 0 aliphatic rings. The first-order chi connectivity index (χ1) is 9.87. The molecule has 110 valence electrons. The summed E-state index contributed by atoms with van der Waals surface area (Å²) in [7, 11) is 0. The molecule has 0 bridgehead atoms. The monoisotopic (exact) mass is 395 g/mol. The highest BCUT2D eigenvalue weighted by molar-refractivity contribution is 14.1. The Kier molecular flexibility index (Phi) is 4.73. The minimum atomic E-state index is -0.00401. The Bertz CT molecular complexity index is 688. The van der Waals surface area contributed by atoms with E-state index in [9.17, 15) is 0 Å². The van der Waals surface area contributed by atoms with Gasteiger partial charge in [-0.15, -0.1) is 5.10 Å². The fraction of sp³-hybridized carbons (Fsp3) is 0.333. The van der Waals surface area contributed by atoms with Crippen LogP contribution in [0.4, 0.5) is 17.6 Å². The number of nitrogen functional groups attached to an aromatic ring is 1. The SMILES string of the molecule is CC(C)(C)C#Cc1ccc(Nc2n[nH]c(N)n2)cc1CI. The van der Waals surface area contributed by atoms with Crippen LogP contribution in [-0.2, 0) is 4.43 Å². The minimum absolute atomic E-state index is 0.00401. The molecule has 0 saturated heterocycles. The average molecular weight is 395 g/mol. The molecule has 6 heteroatoms. The van der Waals surface area contributed by atoms with Crippen LogP contribution in [0.15, 0.2) is 18.2 Å². The van der Waals surface area contributed by atoms with E-state index in [0.29, 0.717) is 11.9 Å². The van der Waals surface area contributed by atoms with Crippen LogP contribution in [0.2, 0.25) is 0 Å². The smallest absolute Gasteiger partial charge is 0.248 e. The van der Waals surface area contributed by atoms with Gasteiger partial charge in [-0.2, -0.15) is 4.98 Å². The topological polar surface area (TPSA) is 79.6 Å². The summed E-state index contributed by atoms with van der Waals surface area (Å²) in [5.74, 6) is 7.27. The Hall–Kier alpha value is -1.75. The van der Waals surface area contributed by atoms with Crippen molar-refractivity contribution in [1.29, 1.82) is 0 Å². The summed E-state index contributed by atoms with van der Waals surface area (Å²) in [6.45, 7) is 6.31. The molecule has 21 heavy (non-hydrogen) atoms. The highest BCUT2D eigenvalue weighted by atomic mass is 127. The molecule has 0 aliphatic heterocycles. The maximum absolute atomic E-state index is 5.50. The lowest BCUT2D eigenvalue weighted by Gasteiger charge is -2.09. The van der Waals surface area contributed by atoms with Gasteiger partial charge in [-0.05, 0) is 44.5 Å². The highest BCUT2D eigenvalue weighted by Gasteiger charge is 2.06. The van der Waals surface area contributed by atoms with Crippen molar-refractivity contribution in [3.63, 3.8) is 0 Å². The number of aromatic amines is 1. The summed E-state index contributed by atoms with van der Waals surface area (Å²) in [4.78, 5) is 4.02. The van der Waals surface area contributed by atoms with Crippen molar-refractivity contribution in [2.24, 2.45) is 5.41 Å². The number of nitrogens with zero attached hydrogens (tertiary/aromatic N) is 2. The van der Waals surface area contributed by atoms with E-state index < -0.39 is 0 Å². The zero-order valence-corrected chi connectivity index (χ0v) is 14.4. The second-order valence-electron chi connectivity index (χ2n) is 5.67. The van der Waals surface area contributed by atoms with E-state index in [2.05, 4.69) is 81.8 Å². The zero-order chi connectivity index (χ0) is 15.5. The second kappa shape index (κ2) is 6.35. The van der Waals surface area contributed by atoms with E-state index in [1.807, 2.05) is 12.1 Å². The standard InChI is InChI=1S/C15H18IN5/c1-15(2,3)7-6-10-4-5-12(8-11(10)9-16)18-14-19-13(17)20-21-14/h4-5,8H,9H2,1-3H3,(H4,17,18,19,20,21). The number of aromatic nitrogens is 3. The lowest BCUT2D eigenvalue weighted by Crippen LogP contribution is -2.00. The molecule has 0 amide bonds. The van der Waals surface area contributed by atoms with E-state index >= 15 is 0 Å². The summed E-state index contributed by atoms with van der Waals surface area (Å²) < 4.78 is 0.886. The van der Waals surface area contributed by atoms with E-state index in [4.69, 9.17) is 5.73 Å². The van der Waals surface area contributed by atoms with Crippen LogP contribution in [0, 0.1) is 17.3 Å². The molecule has 2 rings (SSSR count). The number of rotatable bonds is 3. The summed E-state index contributed by atoms with van der Waals surface area (Å²) >= 11 is 2.34.